The van der Waals surface area contributed by atoms with Crippen molar-refractivity contribution in [1.82, 2.24) is 9.55 Å². The highest BCUT2D eigenvalue weighted by atomic mass is 16.4. The molecule has 0 saturated carbocycles. The highest BCUT2D eigenvalue weighted by Crippen LogP contribution is 2.08. The largest absolute Gasteiger partial charge is 0.488 e. The molecule has 0 unspecified atom stereocenters. The molecular weight excluding hydrogens is 215 g/mol. The van der Waals surface area contributed by atoms with Crippen LogP contribution in [0.15, 0.2) is 30.6 Å². The average Bonchev–Trinajstić information content (AvgIpc) is 2.62. The number of aryl methyl sites for hydroxylation is 1. The first-order valence-corrected chi connectivity index (χ1v) is 5.51. The predicted molar refractivity (Wildman–Crippen MR) is 67.1 cm³/mol. The minimum absolute atomic E-state index is 0.507. The highest BCUT2D eigenvalue weighted by molar-refractivity contribution is 6.58. The molecule has 88 valence electrons. The Balaban J connectivity index is 2.17. The molecule has 0 spiro atoms. The topological polar surface area (TPSA) is 58.3 Å². The fraction of sp³-hybridized carbons (Fsp3) is 0.250. The number of imidazole rings is 1. The summed E-state index contributed by atoms with van der Waals surface area (Å²) >= 11 is 0. The van der Waals surface area contributed by atoms with Crippen LogP contribution in [0.25, 0.3) is 0 Å². The average molecular weight is 230 g/mol. The van der Waals surface area contributed by atoms with Crippen molar-refractivity contribution in [2.75, 3.05) is 0 Å². The molecule has 2 N–H and O–H groups in total. The standard InChI is InChI=1S/C12H15BN2O2/c1-9-10(2)15(8-14-9)7-11-3-5-12(6-4-11)13(16)17/h3-6,8,16-17H,7H2,1-2H3. The lowest BCUT2D eigenvalue weighted by Crippen LogP contribution is -2.29. The summed E-state index contributed by atoms with van der Waals surface area (Å²) in [5.74, 6) is 0. The minimum Gasteiger partial charge on any atom is -0.423 e. The van der Waals surface area contributed by atoms with Crippen LogP contribution in [0.3, 0.4) is 0 Å². The maximum Gasteiger partial charge on any atom is 0.488 e. The number of hydrogen-bond donors (Lipinski definition) is 2. The lowest BCUT2D eigenvalue weighted by atomic mass is 9.80. The molecule has 4 nitrogen and oxygen atoms in total. The quantitative estimate of drug-likeness (QED) is 0.742. The van der Waals surface area contributed by atoms with Crippen molar-refractivity contribution in [3.05, 3.63) is 47.5 Å². The number of aromatic nitrogens is 2. The molecule has 1 aromatic heterocycles. The molecule has 0 aliphatic heterocycles. The van der Waals surface area contributed by atoms with E-state index >= 15 is 0 Å². The summed E-state index contributed by atoms with van der Waals surface area (Å²) in [4.78, 5) is 4.24. The second-order valence-electron chi connectivity index (χ2n) is 4.16. The van der Waals surface area contributed by atoms with Crippen LogP contribution in [0, 0.1) is 13.8 Å². The van der Waals surface area contributed by atoms with Crippen LogP contribution in [0.5, 0.6) is 0 Å². The molecular formula is C12H15BN2O2. The summed E-state index contributed by atoms with van der Waals surface area (Å²) < 4.78 is 2.07. The highest BCUT2D eigenvalue weighted by Gasteiger charge is 2.10. The van der Waals surface area contributed by atoms with Gasteiger partial charge in [-0.05, 0) is 24.9 Å². The van der Waals surface area contributed by atoms with Crippen molar-refractivity contribution in [1.29, 1.82) is 0 Å². The van der Waals surface area contributed by atoms with Gasteiger partial charge in [0.05, 0.1) is 12.0 Å². The second-order valence-corrected chi connectivity index (χ2v) is 4.16. The number of rotatable bonds is 3. The van der Waals surface area contributed by atoms with Gasteiger partial charge in [0.2, 0.25) is 0 Å². The second kappa shape index (κ2) is 4.73. The van der Waals surface area contributed by atoms with Gasteiger partial charge in [0.1, 0.15) is 0 Å². The third-order valence-corrected chi connectivity index (χ3v) is 2.98. The molecule has 0 radical (unpaired) electrons. The van der Waals surface area contributed by atoms with E-state index in [1.54, 1.807) is 12.1 Å². The molecule has 1 aromatic carbocycles. The van der Waals surface area contributed by atoms with Crippen LogP contribution in [-0.2, 0) is 6.54 Å². The first kappa shape index (κ1) is 11.9. The monoisotopic (exact) mass is 230 g/mol. The van der Waals surface area contributed by atoms with Crippen LogP contribution in [0.1, 0.15) is 17.0 Å². The van der Waals surface area contributed by atoms with Crippen molar-refractivity contribution in [2.45, 2.75) is 20.4 Å². The zero-order chi connectivity index (χ0) is 12.4. The third kappa shape index (κ3) is 2.57. The molecule has 2 rings (SSSR count). The van der Waals surface area contributed by atoms with E-state index in [1.807, 2.05) is 32.3 Å². The smallest absolute Gasteiger partial charge is 0.423 e. The van der Waals surface area contributed by atoms with E-state index in [2.05, 4.69) is 9.55 Å². The maximum atomic E-state index is 8.99. The fourth-order valence-corrected chi connectivity index (χ4v) is 1.70. The van der Waals surface area contributed by atoms with E-state index in [0.29, 0.717) is 5.46 Å². The summed E-state index contributed by atoms with van der Waals surface area (Å²) in [5.41, 5.74) is 3.80. The molecule has 5 heteroatoms. The Morgan fingerprint density at radius 1 is 1.18 bits per heavy atom. The van der Waals surface area contributed by atoms with Gasteiger partial charge < -0.3 is 14.6 Å². The molecule has 0 atom stereocenters. The Morgan fingerprint density at radius 2 is 1.82 bits per heavy atom. The van der Waals surface area contributed by atoms with Crippen LogP contribution < -0.4 is 5.46 Å². The Kier molecular flexibility index (Phi) is 3.31. The molecule has 0 bridgehead atoms. The molecule has 1 heterocycles. The van der Waals surface area contributed by atoms with Gasteiger partial charge in [-0.25, -0.2) is 4.98 Å². The van der Waals surface area contributed by atoms with E-state index in [9.17, 15) is 0 Å². The van der Waals surface area contributed by atoms with E-state index in [0.717, 1.165) is 23.5 Å². The SMILES string of the molecule is Cc1ncn(Cc2ccc(B(O)O)cc2)c1C. The van der Waals surface area contributed by atoms with Gasteiger partial charge in [-0.3, -0.25) is 0 Å². The lowest BCUT2D eigenvalue weighted by molar-refractivity contribution is 0.426. The number of nitrogens with zero attached hydrogens (tertiary/aromatic N) is 2. The Bertz CT molecular complexity index is 506. The van der Waals surface area contributed by atoms with Gasteiger partial charge in [0.25, 0.3) is 0 Å². The van der Waals surface area contributed by atoms with E-state index in [4.69, 9.17) is 10.0 Å². The summed E-state index contributed by atoms with van der Waals surface area (Å²) in [5, 5.41) is 18.0. The first-order chi connectivity index (χ1) is 8.08. The van der Waals surface area contributed by atoms with Crippen molar-refractivity contribution in [2.24, 2.45) is 0 Å². The molecule has 0 aliphatic carbocycles. The maximum absolute atomic E-state index is 8.99. The number of benzene rings is 1. The molecule has 2 aromatic rings. The summed E-state index contributed by atoms with van der Waals surface area (Å²) in [6, 6.07) is 7.23. The van der Waals surface area contributed by atoms with Crippen LogP contribution in [0.4, 0.5) is 0 Å². The number of hydrogen-bond acceptors (Lipinski definition) is 3. The fourth-order valence-electron chi connectivity index (χ4n) is 1.70. The van der Waals surface area contributed by atoms with E-state index in [1.165, 1.54) is 0 Å². The Labute approximate surface area is 101 Å². The first-order valence-electron chi connectivity index (χ1n) is 5.51. The van der Waals surface area contributed by atoms with Gasteiger partial charge in [-0.15, -0.1) is 0 Å². The lowest BCUT2D eigenvalue weighted by Gasteiger charge is -2.06. The zero-order valence-corrected chi connectivity index (χ0v) is 9.96. The van der Waals surface area contributed by atoms with E-state index < -0.39 is 7.12 Å². The third-order valence-electron chi connectivity index (χ3n) is 2.98. The normalized spacial score (nSPS) is 10.6. The van der Waals surface area contributed by atoms with Gasteiger partial charge in [-0.2, -0.15) is 0 Å². The predicted octanol–water partition coefficient (Wildman–Crippen LogP) is 0.228. The van der Waals surface area contributed by atoms with E-state index in [-0.39, 0.29) is 0 Å². The summed E-state index contributed by atoms with van der Waals surface area (Å²) in [7, 11) is -1.40. The summed E-state index contributed by atoms with van der Waals surface area (Å²) in [6.07, 6.45) is 1.82. The van der Waals surface area contributed by atoms with Crippen molar-refractivity contribution in [3.63, 3.8) is 0 Å². The molecule has 0 saturated heterocycles. The summed E-state index contributed by atoms with van der Waals surface area (Å²) in [6.45, 7) is 4.76. The van der Waals surface area contributed by atoms with Gasteiger partial charge in [0.15, 0.2) is 0 Å². The Morgan fingerprint density at radius 3 is 2.29 bits per heavy atom. The zero-order valence-electron chi connectivity index (χ0n) is 9.96. The molecule has 0 aliphatic rings. The molecule has 17 heavy (non-hydrogen) atoms. The van der Waals surface area contributed by atoms with Crippen molar-refractivity contribution in [3.8, 4) is 0 Å². The van der Waals surface area contributed by atoms with Crippen LogP contribution in [-0.4, -0.2) is 26.7 Å². The van der Waals surface area contributed by atoms with Crippen LogP contribution >= 0.6 is 0 Å². The van der Waals surface area contributed by atoms with Crippen LogP contribution in [0.2, 0.25) is 0 Å². The van der Waals surface area contributed by atoms with Gasteiger partial charge in [0, 0.05) is 12.2 Å². The molecule has 0 amide bonds. The van der Waals surface area contributed by atoms with Crippen molar-refractivity contribution >= 4 is 12.6 Å². The Hall–Kier alpha value is -1.59. The van der Waals surface area contributed by atoms with Gasteiger partial charge >= 0.3 is 7.12 Å². The molecule has 0 fully saturated rings. The van der Waals surface area contributed by atoms with Crippen molar-refractivity contribution < 1.29 is 10.0 Å². The van der Waals surface area contributed by atoms with Gasteiger partial charge in [-0.1, -0.05) is 24.3 Å². The minimum atomic E-state index is -1.40.